The minimum atomic E-state index is -4.43. The van der Waals surface area contributed by atoms with E-state index in [1.165, 1.54) is 30.5 Å². The molecule has 0 aliphatic heterocycles. The van der Waals surface area contributed by atoms with Gasteiger partial charge in [0.05, 0.1) is 17.5 Å². The van der Waals surface area contributed by atoms with Gasteiger partial charge in [-0.15, -0.1) is 0 Å². The van der Waals surface area contributed by atoms with Crippen LogP contribution in [-0.4, -0.2) is 25.5 Å². The predicted octanol–water partition coefficient (Wildman–Crippen LogP) is 3.88. The zero-order valence-electron chi connectivity index (χ0n) is 12.0. The highest BCUT2D eigenvalue weighted by molar-refractivity contribution is 5.84. The average molecular weight is 336 g/mol. The fraction of sp³-hybridized carbons (Fsp3) is 0.0625. The van der Waals surface area contributed by atoms with Gasteiger partial charge in [0.1, 0.15) is 0 Å². The number of nitrogens with one attached hydrogen (secondary N) is 1. The summed E-state index contributed by atoms with van der Waals surface area (Å²) in [6, 6.07) is 7.00. The molecular formula is C16H11F3N2O3. The zero-order valence-corrected chi connectivity index (χ0v) is 12.0. The summed E-state index contributed by atoms with van der Waals surface area (Å²) in [7, 11) is 0. The van der Waals surface area contributed by atoms with Gasteiger partial charge in [0, 0.05) is 11.1 Å². The van der Waals surface area contributed by atoms with Crippen LogP contribution in [0.3, 0.4) is 0 Å². The Bertz CT molecular complexity index is 887. The number of aromatic hydroxyl groups is 3. The molecule has 8 heteroatoms. The van der Waals surface area contributed by atoms with E-state index >= 15 is 0 Å². The number of benzene rings is 2. The van der Waals surface area contributed by atoms with Crippen LogP contribution in [0.4, 0.5) is 13.2 Å². The van der Waals surface area contributed by atoms with Crippen molar-refractivity contribution in [2.45, 2.75) is 6.18 Å². The van der Waals surface area contributed by atoms with Gasteiger partial charge in [-0.3, -0.25) is 5.10 Å². The van der Waals surface area contributed by atoms with Crippen molar-refractivity contribution in [2.75, 3.05) is 0 Å². The molecule has 5 nitrogen and oxygen atoms in total. The number of phenolic OH excluding ortho intramolecular Hbond substituents is 3. The van der Waals surface area contributed by atoms with Crippen LogP contribution in [-0.2, 0) is 6.18 Å². The lowest BCUT2D eigenvalue weighted by atomic mass is 9.99. The third-order valence-electron chi connectivity index (χ3n) is 3.56. The van der Waals surface area contributed by atoms with E-state index in [1.54, 1.807) is 0 Å². The van der Waals surface area contributed by atoms with Crippen LogP contribution >= 0.6 is 0 Å². The van der Waals surface area contributed by atoms with Gasteiger partial charge in [0.2, 0.25) is 5.75 Å². The van der Waals surface area contributed by atoms with Gasteiger partial charge >= 0.3 is 6.18 Å². The Morgan fingerprint density at radius 1 is 0.833 bits per heavy atom. The molecule has 124 valence electrons. The Balaban J connectivity index is 2.07. The number of aromatic amines is 1. The molecule has 3 aromatic rings. The predicted molar refractivity (Wildman–Crippen MR) is 79.5 cm³/mol. The molecule has 0 fully saturated rings. The number of hydrogen-bond donors (Lipinski definition) is 4. The molecule has 1 aromatic heterocycles. The lowest BCUT2D eigenvalue weighted by Gasteiger charge is -2.10. The van der Waals surface area contributed by atoms with E-state index in [9.17, 15) is 28.5 Å². The molecule has 1 heterocycles. The highest BCUT2D eigenvalue weighted by Gasteiger charge is 2.30. The minimum Gasteiger partial charge on any atom is -0.504 e. The summed E-state index contributed by atoms with van der Waals surface area (Å²) in [5.74, 6) is -1.75. The van der Waals surface area contributed by atoms with Crippen LogP contribution in [0.25, 0.3) is 22.4 Å². The Kier molecular flexibility index (Phi) is 3.59. The van der Waals surface area contributed by atoms with E-state index in [2.05, 4.69) is 10.2 Å². The summed E-state index contributed by atoms with van der Waals surface area (Å²) in [5, 5.41) is 35.4. The first-order valence-corrected chi connectivity index (χ1v) is 6.74. The van der Waals surface area contributed by atoms with E-state index in [0.29, 0.717) is 16.8 Å². The maximum atomic E-state index is 12.6. The second-order valence-electron chi connectivity index (χ2n) is 5.06. The van der Waals surface area contributed by atoms with Gasteiger partial charge in [0.15, 0.2) is 11.5 Å². The summed E-state index contributed by atoms with van der Waals surface area (Å²) in [6.07, 6.45) is -3.04. The topological polar surface area (TPSA) is 89.4 Å². The maximum absolute atomic E-state index is 12.6. The molecule has 0 unspecified atom stereocenters. The molecule has 0 saturated carbocycles. The maximum Gasteiger partial charge on any atom is 0.416 e. The van der Waals surface area contributed by atoms with Crippen molar-refractivity contribution in [2.24, 2.45) is 0 Å². The Morgan fingerprint density at radius 2 is 1.50 bits per heavy atom. The van der Waals surface area contributed by atoms with E-state index in [-0.39, 0.29) is 5.56 Å². The molecule has 24 heavy (non-hydrogen) atoms. The van der Waals surface area contributed by atoms with Gasteiger partial charge in [-0.05, 0) is 29.8 Å². The van der Waals surface area contributed by atoms with Gasteiger partial charge in [-0.25, -0.2) is 0 Å². The van der Waals surface area contributed by atoms with Crippen molar-refractivity contribution < 1.29 is 28.5 Å². The summed E-state index contributed by atoms with van der Waals surface area (Å²) in [4.78, 5) is 0. The monoisotopic (exact) mass is 336 g/mol. The van der Waals surface area contributed by atoms with Crippen LogP contribution in [0, 0.1) is 0 Å². The standard InChI is InChI=1S/C16H11F3N2O3/c17-16(18,19)9-3-1-8(2-4-9)11-7-20-21-13(11)10-5-6-12(22)15(24)14(10)23/h1-7,22-24H,(H,20,21). The normalized spacial score (nSPS) is 11.6. The van der Waals surface area contributed by atoms with E-state index in [4.69, 9.17) is 0 Å². The van der Waals surface area contributed by atoms with Crippen LogP contribution in [0.15, 0.2) is 42.6 Å². The van der Waals surface area contributed by atoms with Crippen molar-refractivity contribution in [1.82, 2.24) is 10.2 Å². The van der Waals surface area contributed by atoms with Crippen LogP contribution in [0.2, 0.25) is 0 Å². The van der Waals surface area contributed by atoms with Crippen LogP contribution < -0.4 is 0 Å². The first-order chi connectivity index (χ1) is 11.3. The smallest absolute Gasteiger partial charge is 0.416 e. The third kappa shape index (κ3) is 2.62. The van der Waals surface area contributed by atoms with Gasteiger partial charge in [0.25, 0.3) is 0 Å². The molecule has 0 aliphatic rings. The largest absolute Gasteiger partial charge is 0.504 e. The van der Waals surface area contributed by atoms with E-state index in [0.717, 1.165) is 12.1 Å². The highest BCUT2D eigenvalue weighted by Crippen LogP contribution is 2.44. The van der Waals surface area contributed by atoms with Gasteiger partial charge in [-0.1, -0.05) is 12.1 Å². The molecule has 0 amide bonds. The Hall–Kier alpha value is -3.16. The lowest BCUT2D eigenvalue weighted by Crippen LogP contribution is -2.03. The number of alkyl halides is 3. The number of nitrogens with zero attached hydrogens (tertiary/aromatic N) is 1. The highest BCUT2D eigenvalue weighted by atomic mass is 19.4. The van der Waals surface area contributed by atoms with Crippen molar-refractivity contribution in [3.05, 3.63) is 48.2 Å². The SMILES string of the molecule is Oc1ccc(-c2[nH]ncc2-c2ccc(C(F)(F)F)cc2)c(O)c1O. The Labute approximate surface area is 133 Å². The summed E-state index contributed by atoms with van der Waals surface area (Å²) >= 11 is 0. The summed E-state index contributed by atoms with van der Waals surface area (Å²) < 4.78 is 37.9. The van der Waals surface area contributed by atoms with Crippen molar-refractivity contribution >= 4 is 0 Å². The fourth-order valence-corrected chi connectivity index (χ4v) is 2.32. The first-order valence-electron chi connectivity index (χ1n) is 6.74. The van der Waals surface area contributed by atoms with E-state index < -0.39 is 29.0 Å². The molecule has 2 aromatic carbocycles. The first kappa shape index (κ1) is 15.7. The van der Waals surface area contributed by atoms with Crippen molar-refractivity contribution in [3.63, 3.8) is 0 Å². The number of rotatable bonds is 2. The number of halogens is 3. The van der Waals surface area contributed by atoms with Crippen LogP contribution in [0.1, 0.15) is 5.56 Å². The molecule has 3 rings (SSSR count). The summed E-state index contributed by atoms with van der Waals surface area (Å²) in [6.45, 7) is 0. The van der Waals surface area contributed by atoms with E-state index in [1.807, 2.05) is 0 Å². The fourth-order valence-electron chi connectivity index (χ4n) is 2.32. The van der Waals surface area contributed by atoms with Crippen molar-refractivity contribution in [3.8, 4) is 39.6 Å². The molecule has 0 aliphatic carbocycles. The summed E-state index contributed by atoms with van der Waals surface area (Å²) in [5.41, 5.74) is 0.546. The number of H-pyrrole nitrogens is 1. The molecule has 0 atom stereocenters. The molecular weight excluding hydrogens is 325 g/mol. The second-order valence-corrected chi connectivity index (χ2v) is 5.06. The molecule has 0 spiro atoms. The number of hydrogen-bond acceptors (Lipinski definition) is 4. The Morgan fingerprint density at radius 3 is 2.12 bits per heavy atom. The van der Waals surface area contributed by atoms with Gasteiger partial charge < -0.3 is 15.3 Å². The minimum absolute atomic E-state index is 0.151. The lowest BCUT2D eigenvalue weighted by molar-refractivity contribution is -0.137. The van der Waals surface area contributed by atoms with Crippen molar-refractivity contribution in [1.29, 1.82) is 0 Å². The third-order valence-corrected chi connectivity index (χ3v) is 3.56. The van der Waals surface area contributed by atoms with Crippen LogP contribution in [0.5, 0.6) is 17.2 Å². The second kappa shape index (κ2) is 5.48. The molecule has 0 radical (unpaired) electrons. The zero-order chi connectivity index (χ0) is 17.5. The molecule has 0 saturated heterocycles. The molecule has 4 N–H and O–H groups in total. The molecule has 0 bridgehead atoms. The van der Waals surface area contributed by atoms with Gasteiger partial charge in [-0.2, -0.15) is 18.3 Å². The number of phenols is 3. The average Bonchev–Trinajstić information content (AvgIpc) is 3.01. The number of aromatic nitrogens is 2. The quantitative estimate of drug-likeness (QED) is 0.535.